The van der Waals surface area contributed by atoms with Gasteiger partial charge in [0.15, 0.2) is 0 Å². The van der Waals surface area contributed by atoms with Gasteiger partial charge in [0.2, 0.25) is 5.91 Å². The first-order chi connectivity index (χ1) is 13.5. The number of hydrogen-bond donors (Lipinski definition) is 0. The Labute approximate surface area is 164 Å². The van der Waals surface area contributed by atoms with Gasteiger partial charge in [-0.1, -0.05) is 12.8 Å². The van der Waals surface area contributed by atoms with Crippen LogP contribution < -0.4 is 4.90 Å². The van der Waals surface area contributed by atoms with Gasteiger partial charge in [-0.3, -0.25) is 24.2 Å². The van der Waals surface area contributed by atoms with Crippen molar-refractivity contribution < 1.29 is 18.8 Å². The van der Waals surface area contributed by atoms with E-state index in [0.717, 1.165) is 44.8 Å². The van der Waals surface area contributed by atoms with Crippen LogP contribution in [-0.4, -0.2) is 60.2 Å². The van der Waals surface area contributed by atoms with Crippen LogP contribution in [0.3, 0.4) is 0 Å². The SMILES string of the molecule is O=C1C(=O)N(CN2CCC(C(=O)N3CCCCCC3)CC2)c2ccc(F)cc21. The van der Waals surface area contributed by atoms with E-state index >= 15 is 0 Å². The van der Waals surface area contributed by atoms with Crippen LogP contribution >= 0.6 is 0 Å². The van der Waals surface area contributed by atoms with Crippen LogP contribution in [0.25, 0.3) is 0 Å². The molecular weight excluding hydrogens is 361 g/mol. The Morgan fingerprint density at radius 3 is 2.36 bits per heavy atom. The number of benzene rings is 1. The van der Waals surface area contributed by atoms with E-state index in [1.54, 1.807) is 0 Å². The summed E-state index contributed by atoms with van der Waals surface area (Å²) in [5, 5.41) is 0. The summed E-state index contributed by atoms with van der Waals surface area (Å²) in [7, 11) is 0. The van der Waals surface area contributed by atoms with Gasteiger partial charge in [-0.25, -0.2) is 4.39 Å². The summed E-state index contributed by atoms with van der Waals surface area (Å²) in [4.78, 5) is 42.8. The maximum Gasteiger partial charge on any atom is 0.300 e. The molecule has 4 rings (SSSR count). The van der Waals surface area contributed by atoms with E-state index in [-0.39, 0.29) is 17.4 Å². The fraction of sp³-hybridized carbons (Fsp3) is 0.571. The molecule has 0 spiro atoms. The number of rotatable bonds is 3. The highest BCUT2D eigenvalue weighted by molar-refractivity contribution is 6.52. The zero-order chi connectivity index (χ0) is 19.7. The smallest absolute Gasteiger partial charge is 0.300 e. The second kappa shape index (κ2) is 7.99. The highest BCUT2D eigenvalue weighted by Gasteiger charge is 2.38. The normalized spacial score (nSPS) is 21.8. The summed E-state index contributed by atoms with van der Waals surface area (Å²) in [6, 6.07) is 3.88. The third-order valence-electron chi connectivity index (χ3n) is 6.13. The number of likely N-dealkylation sites (tertiary alicyclic amines) is 2. The Morgan fingerprint density at radius 2 is 1.68 bits per heavy atom. The van der Waals surface area contributed by atoms with E-state index in [0.29, 0.717) is 25.4 Å². The molecule has 0 bridgehead atoms. The predicted molar refractivity (Wildman–Crippen MR) is 102 cm³/mol. The molecule has 7 heteroatoms. The maximum atomic E-state index is 13.4. The van der Waals surface area contributed by atoms with Gasteiger partial charge in [0.25, 0.3) is 5.78 Å². The lowest BCUT2D eigenvalue weighted by Gasteiger charge is -2.35. The average Bonchev–Trinajstić information content (AvgIpc) is 2.91. The molecule has 2 amide bonds. The standard InChI is InChI=1S/C21H26FN3O3/c22-16-5-6-18-17(13-16)19(26)21(28)25(18)14-23-11-7-15(8-12-23)20(27)24-9-3-1-2-4-10-24/h5-6,13,15H,1-4,7-12,14H2. The van der Waals surface area contributed by atoms with E-state index in [4.69, 9.17) is 0 Å². The molecule has 0 atom stereocenters. The summed E-state index contributed by atoms with van der Waals surface area (Å²) < 4.78 is 13.4. The number of fused-ring (bicyclic) bond motifs is 1. The maximum absolute atomic E-state index is 13.4. The molecule has 0 N–H and O–H groups in total. The molecule has 0 radical (unpaired) electrons. The molecule has 1 aromatic carbocycles. The van der Waals surface area contributed by atoms with Gasteiger partial charge in [0.05, 0.1) is 17.9 Å². The molecule has 3 aliphatic rings. The first-order valence-electron chi connectivity index (χ1n) is 10.2. The lowest BCUT2D eigenvalue weighted by Crippen LogP contribution is -2.47. The number of piperidine rings is 1. The third-order valence-corrected chi connectivity index (χ3v) is 6.13. The number of amides is 2. The fourth-order valence-electron chi connectivity index (χ4n) is 4.48. The third kappa shape index (κ3) is 3.68. The predicted octanol–water partition coefficient (Wildman–Crippen LogP) is 2.43. The molecule has 28 heavy (non-hydrogen) atoms. The van der Waals surface area contributed by atoms with Gasteiger partial charge < -0.3 is 4.90 Å². The van der Waals surface area contributed by atoms with E-state index in [9.17, 15) is 18.8 Å². The Hall–Kier alpha value is -2.28. The molecule has 2 saturated heterocycles. The minimum Gasteiger partial charge on any atom is -0.342 e. The number of carbonyl (C=O) groups excluding carboxylic acids is 3. The quantitative estimate of drug-likeness (QED) is 0.748. The number of nitrogens with zero attached hydrogens (tertiary/aromatic N) is 3. The molecule has 1 aromatic rings. The minimum absolute atomic E-state index is 0.0478. The monoisotopic (exact) mass is 387 g/mol. The van der Waals surface area contributed by atoms with E-state index in [1.165, 1.54) is 29.9 Å². The van der Waals surface area contributed by atoms with Crippen LogP contribution in [-0.2, 0) is 9.59 Å². The number of halogens is 1. The van der Waals surface area contributed by atoms with Crippen LogP contribution in [0.4, 0.5) is 10.1 Å². The Kier molecular flexibility index (Phi) is 5.44. The Balaban J connectivity index is 1.35. The van der Waals surface area contributed by atoms with Crippen molar-refractivity contribution in [1.29, 1.82) is 0 Å². The van der Waals surface area contributed by atoms with Crippen LogP contribution in [0.5, 0.6) is 0 Å². The summed E-state index contributed by atoms with van der Waals surface area (Å²) >= 11 is 0. The average molecular weight is 387 g/mol. The molecule has 3 aliphatic heterocycles. The molecular formula is C21H26FN3O3. The summed E-state index contributed by atoms with van der Waals surface area (Å²) in [5.74, 6) is -1.46. The topological polar surface area (TPSA) is 60.9 Å². The molecule has 3 heterocycles. The van der Waals surface area contributed by atoms with Gasteiger partial charge in [-0.15, -0.1) is 0 Å². The van der Waals surface area contributed by atoms with Gasteiger partial charge >= 0.3 is 5.91 Å². The molecule has 6 nitrogen and oxygen atoms in total. The second-order valence-electron chi connectivity index (χ2n) is 8.00. The van der Waals surface area contributed by atoms with Crippen LogP contribution in [0, 0.1) is 11.7 Å². The highest BCUT2D eigenvalue weighted by atomic mass is 19.1. The highest BCUT2D eigenvalue weighted by Crippen LogP contribution is 2.30. The molecule has 0 aromatic heterocycles. The van der Waals surface area contributed by atoms with Crippen molar-refractivity contribution in [2.24, 2.45) is 5.92 Å². The van der Waals surface area contributed by atoms with Crippen LogP contribution in [0.1, 0.15) is 48.9 Å². The van der Waals surface area contributed by atoms with E-state index in [2.05, 4.69) is 4.90 Å². The van der Waals surface area contributed by atoms with Crippen LogP contribution in [0.2, 0.25) is 0 Å². The molecule has 0 saturated carbocycles. The fourth-order valence-corrected chi connectivity index (χ4v) is 4.48. The van der Waals surface area contributed by atoms with Crippen molar-refractivity contribution in [3.05, 3.63) is 29.6 Å². The minimum atomic E-state index is -0.652. The van der Waals surface area contributed by atoms with E-state index < -0.39 is 17.5 Å². The van der Waals surface area contributed by atoms with E-state index in [1.807, 2.05) is 4.90 Å². The number of Topliss-reactive ketones (excluding diaryl/α,β-unsaturated/α-hetero) is 1. The molecule has 0 unspecified atom stereocenters. The van der Waals surface area contributed by atoms with Crippen molar-refractivity contribution in [3.8, 4) is 0 Å². The van der Waals surface area contributed by atoms with Crippen LogP contribution in [0.15, 0.2) is 18.2 Å². The molecule has 2 fully saturated rings. The van der Waals surface area contributed by atoms with Crippen molar-refractivity contribution >= 4 is 23.3 Å². The summed E-state index contributed by atoms with van der Waals surface area (Å²) in [6.07, 6.45) is 6.13. The van der Waals surface area contributed by atoms with Gasteiger partial charge in [-0.05, 0) is 43.9 Å². The van der Waals surface area contributed by atoms with Crippen molar-refractivity contribution in [2.75, 3.05) is 37.7 Å². The Bertz CT molecular complexity index is 781. The van der Waals surface area contributed by atoms with Crippen molar-refractivity contribution in [1.82, 2.24) is 9.80 Å². The first kappa shape index (κ1) is 19.1. The number of anilines is 1. The van der Waals surface area contributed by atoms with Crippen molar-refractivity contribution in [2.45, 2.75) is 38.5 Å². The zero-order valence-corrected chi connectivity index (χ0v) is 16.0. The Morgan fingerprint density at radius 1 is 1.00 bits per heavy atom. The number of ketones is 1. The second-order valence-corrected chi connectivity index (χ2v) is 8.00. The van der Waals surface area contributed by atoms with Crippen molar-refractivity contribution in [3.63, 3.8) is 0 Å². The number of hydrogen-bond acceptors (Lipinski definition) is 4. The first-order valence-corrected chi connectivity index (χ1v) is 10.2. The lowest BCUT2D eigenvalue weighted by molar-refractivity contribution is -0.137. The number of carbonyl (C=O) groups is 3. The summed E-state index contributed by atoms with van der Waals surface area (Å²) in [6.45, 7) is 3.46. The van der Waals surface area contributed by atoms with Gasteiger partial charge in [0, 0.05) is 32.1 Å². The zero-order valence-electron chi connectivity index (χ0n) is 16.0. The molecule has 150 valence electrons. The molecule has 0 aliphatic carbocycles. The largest absolute Gasteiger partial charge is 0.342 e. The summed E-state index contributed by atoms with van der Waals surface area (Å²) in [5.41, 5.74) is 0.607. The lowest BCUT2D eigenvalue weighted by atomic mass is 9.95. The van der Waals surface area contributed by atoms with Gasteiger partial charge in [-0.2, -0.15) is 0 Å². The van der Waals surface area contributed by atoms with Gasteiger partial charge in [0.1, 0.15) is 5.82 Å².